The maximum atomic E-state index is 12.5. The van der Waals surface area contributed by atoms with E-state index < -0.39 is 5.25 Å². The highest BCUT2D eigenvalue weighted by atomic mass is 32.2. The Bertz CT molecular complexity index is 567. The van der Waals surface area contributed by atoms with Crippen LogP contribution in [0.5, 0.6) is 0 Å². The molecule has 3 rings (SSSR count). The van der Waals surface area contributed by atoms with Crippen molar-refractivity contribution in [2.45, 2.75) is 55.0 Å². The Kier molecular flexibility index (Phi) is 3.88. The summed E-state index contributed by atoms with van der Waals surface area (Å²) in [6, 6.07) is 0.0916. The average molecular weight is 309 g/mol. The number of hydrogen-bond acceptors (Lipinski definition) is 6. The molecule has 2 aliphatic rings. The molecule has 1 saturated carbocycles. The van der Waals surface area contributed by atoms with Crippen LogP contribution in [-0.2, 0) is 16.6 Å². The van der Waals surface area contributed by atoms with Crippen LogP contribution in [0.2, 0.25) is 0 Å². The third-order valence-corrected chi connectivity index (χ3v) is 5.42. The highest BCUT2D eigenvalue weighted by Gasteiger charge is 2.43. The lowest BCUT2D eigenvalue weighted by Crippen LogP contribution is -2.41. The Morgan fingerprint density at radius 1 is 1.19 bits per heavy atom. The topological polar surface area (TPSA) is 94.1 Å². The number of nitrogen functional groups attached to an aromatic ring is 1. The third kappa shape index (κ3) is 2.64. The molecule has 2 amide bonds. The van der Waals surface area contributed by atoms with E-state index in [4.69, 9.17) is 5.73 Å². The van der Waals surface area contributed by atoms with E-state index in [0.29, 0.717) is 11.1 Å². The number of rotatable bonds is 3. The Morgan fingerprint density at radius 2 is 1.90 bits per heavy atom. The second-order valence-corrected chi connectivity index (χ2v) is 6.77. The van der Waals surface area contributed by atoms with Crippen LogP contribution in [0.15, 0.2) is 5.16 Å². The summed E-state index contributed by atoms with van der Waals surface area (Å²) in [7, 11) is 1.75. The van der Waals surface area contributed by atoms with Crippen molar-refractivity contribution >= 4 is 29.5 Å². The van der Waals surface area contributed by atoms with Gasteiger partial charge in [0.2, 0.25) is 17.8 Å². The first-order valence-electron chi connectivity index (χ1n) is 7.25. The van der Waals surface area contributed by atoms with Gasteiger partial charge in [-0.15, -0.1) is 10.2 Å². The summed E-state index contributed by atoms with van der Waals surface area (Å²) in [6.07, 6.45) is 5.51. The van der Waals surface area contributed by atoms with Crippen molar-refractivity contribution in [2.75, 3.05) is 5.73 Å². The molecule has 0 spiro atoms. The summed E-state index contributed by atoms with van der Waals surface area (Å²) in [4.78, 5) is 26.2. The average Bonchev–Trinajstić information content (AvgIpc) is 2.94. The second kappa shape index (κ2) is 5.67. The SMILES string of the molecule is Cn1c(N)nnc1SC1CC(=O)N(C2CCCCC2)C1=O. The van der Waals surface area contributed by atoms with Gasteiger partial charge in [-0.2, -0.15) is 0 Å². The van der Waals surface area contributed by atoms with Crippen LogP contribution in [0.1, 0.15) is 38.5 Å². The van der Waals surface area contributed by atoms with Crippen LogP contribution in [0, 0.1) is 0 Å². The first-order valence-corrected chi connectivity index (χ1v) is 8.13. The Labute approximate surface area is 127 Å². The first kappa shape index (κ1) is 14.4. The fraction of sp³-hybridized carbons (Fsp3) is 0.692. The van der Waals surface area contributed by atoms with Gasteiger partial charge in [-0.25, -0.2) is 0 Å². The van der Waals surface area contributed by atoms with Crippen LogP contribution < -0.4 is 5.73 Å². The molecule has 1 aromatic rings. The van der Waals surface area contributed by atoms with Gasteiger partial charge in [0.1, 0.15) is 5.25 Å². The minimum Gasteiger partial charge on any atom is -0.368 e. The molecule has 21 heavy (non-hydrogen) atoms. The number of anilines is 1. The number of nitrogens with zero attached hydrogens (tertiary/aromatic N) is 4. The van der Waals surface area contributed by atoms with E-state index in [9.17, 15) is 9.59 Å². The summed E-state index contributed by atoms with van der Waals surface area (Å²) in [6.45, 7) is 0. The zero-order chi connectivity index (χ0) is 15.0. The van der Waals surface area contributed by atoms with Crippen LogP contribution in [-0.4, -0.2) is 42.8 Å². The maximum absolute atomic E-state index is 12.5. The van der Waals surface area contributed by atoms with E-state index in [1.165, 1.54) is 23.1 Å². The van der Waals surface area contributed by atoms with Gasteiger partial charge in [-0.05, 0) is 12.8 Å². The Morgan fingerprint density at radius 3 is 2.52 bits per heavy atom. The molecule has 1 unspecified atom stereocenters. The van der Waals surface area contributed by atoms with E-state index in [0.717, 1.165) is 25.7 Å². The van der Waals surface area contributed by atoms with Crippen LogP contribution >= 0.6 is 11.8 Å². The van der Waals surface area contributed by atoms with Gasteiger partial charge >= 0.3 is 0 Å². The van der Waals surface area contributed by atoms with Gasteiger partial charge in [0.25, 0.3) is 0 Å². The van der Waals surface area contributed by atoms with Crippen LogP contribution in [0.4, 0.5) is 5.95 Å². The van der Waals surface area contributed by atoms with Crippen LogP contribution in [0.25, 0.3) is 0 Å². The first-order chi connectivity index (χ1) is 10.1. The Balaban J connectivity index is 1.72. The molecular weight excluding hydrogens is 290 g/mol. The zero-order valence-corrected chi connectivity index (χ0v) is 12.8. The maximum Gasteiger partial charge on any atom is 0.243 e. The van der Waals surface area contributed by atoms with Crippen molar-refractivity contribution in [2.24, 2.45) is 7.05 Å². The highest BCUT2D eigenvalue weighted by molar-refractivity contribution is 8.00. The number of hydrogen-bond donors (Lipinski definition) is 1. The summed E-state index contributed by atoms with van der Waals surface area (Å²) in [5.41, 5.74) is 5.63. The monoisotopic (exact) mass is 309 g/mol. The zero-order valence-electron chi connectivity index (χ0n) is 12.0. The molecule has 114 valence electrons. The summed E-state index contributed by atoms with van der Waals surface area (Å²) < 4.78 is 1.63. The third-order valence-electron chi connectivity index (χ3n) is 4.20. The number of aromatic nitrogens is 3. The molecule has 8 heteroatoms. The molecule has 2 heterocycles. The predicted molar refractivity (Wildman–Crippen MR) is 78.4 cm³/mol. The summed E-state index contributed by atoms with van der Waals surface area (Å²) >= 11 is 1.28. The van der Waals surface area contributed by atoms with Crippen molar-refractivity contribution in [3.8, 4) is 0 Å². The molecule has 1 atom stereocenters. The van der Waals surface area contributed by atoms with E-state index in [1.807, 2.05) is 0 Å². The molecule has 2 N–H and O–H groups in total. The second-order valence-electron chi connectivity index (χ2n) is 5.60. The van der Waals surface area contributed by atoms with Crippen molar-refractivity contribution in [1.82, 2.24) is 19.7 Å². The molecule has 0 bridgehead atoms. The largest absolute Gasteiger partial charge is 0.368 e. The molecule has 0 radical (unpaired) electrons. The standard InChI is InChI=1S/C13H19N5O2S/c1-17-12(14)15-16-13(17)21-9-7-10(19)18(11(9)20)8-5-3-2-4-6-8/h8-9H,2-7H2,1H3,(H2,14,15). The number of thioether (sulfide) groups is 1. The number of nitrogens with two attached hydrogens (primary N) is 1. The van der Waals surface area contributed by atoms with Crippen molar-refractivity contribution in [3.05, 3.63) is 0 Å². The molecule has 7 nitrogen and oxygen atoms in total. The number of carbonyl (C=O) groups is 2. The summed E-state index contributed by atoms with van der Waals surface area (Å²) in [5.74, 6) is 0.163. The minimum atomic E-state index is -0.401. The minimum absolute atomic E-state index is 0.0560. The van der Waals surface area contributed by atoms with E-state index >= 15 is 0 Å². The molecule has 1 aliphatic carbocycles. The van der Waals surface area contributed by atoms with Gasteiger partial charge in [0.05, 0.1) is 0 Å². The quantitative estimate of drug-likeness (QED) is 0.835. The molecule has 2 fully saturated rings. The van der Waals surface area contributed by atoms with Gasteiger partial charge in [0.15, 0.2) is 5.16 Å². The normalized spacial score (nSPS) is 24.0. The van der Waals surface area contributed by atoms with E-state index in [2.05, 4.69) is 10.2 Å². The fourth-order valence-electron chi connectivity index (χ4n) is 2.99. The van der Waals surface area contributed by atoms with Crippen molar-refractivity contribution in [3.63, 3.8) is 0 Å². The van der Waals surface area contributed by atoms with Crippen molar-refractivity contribution in [1.29, 1.82) is 0 Å². The molecule has 1 aromatic heterocycles. The van der Waals surface area contributed by atoms with E-state index in [1.54, 1.807) is 11.6 Å². The number of imide groups is 1. The van der Waals surface area contributed by atoms with Gasteiger partial charge in [-0.3, -0.25) is 19.1 Å². The van der Waals surface area contributed by atoms with Gasteiger partial charge in [0, 0.05) is 19.5 Å². The predicted octanol–water partition coefficient (Wildman–Crippen LogP) is 0.950. The molecule has 0 aromatic carbocycles. The number of carbonyl (C=O) groups excluding carboxylic acids is 2. The van der Waals surface area contributed by atoms with E-state index in [-0.39, 0.29) is 24.3 Å². The van der Waals surface area contributed by atoms with Gasteiger partial charge < -0.3 is 5.73 Å². The van der Waals surface area contributed by atoms with Crippen molar-refractivity contribution < 1.29 is 9.59 Å². The number of likely N-dealkylation sites (tertiary alicyclic amines) is 1. The molecule has 1 saturated heterocycles. The molecule has 1 aliphatic heterocycles. The fourth-order valence-corrected chi connectivity index (χ4v) is 4.03. The lowest BCUT2D eigenvalue weighted by Gasteiger charge is -2.29. The van der Waals surface area contributed by atoms with Gasteiger partial charge in [-0.1, -0.05) is 31.0 Å². The number of amides is 2. The lowest BCUT2D eigenvalue weighted by atomic mass is 9.94. The Hall–Kier alpha value is -1.57. The highest BCUT2D eigenvalue weighted by Crippen LogP contribution is 2.34. The summed E-state index contributed by atoms with van der Waals surface area (Å²) in [5, 5.41) is 7.89. The smallest absolute Gasteiger partial charge is 0.243 e. The lowest BCUT2D eigenvalue weighted by molar-refractivity contribution is -0.141. The van der Waals surface area contributed by atoms with Crippen LogP contribution in [0.3, 0.4) is 0 Å². The molecular formula is C13H19N5O2S.